The summed E-state index contributed by atoms with van der Waals surface area (Å²) >= 11 is 0. The smallest absolute Gasteiger partial charge is 0.322 e. The van der Waals surface area contributed by atoms with Crippen LogP contribution in [-0.4, -0.2) is 23.2 Å². The molecule has 16 heavy (non-hydrogen) atoms. The SMILES string of the molecule is O=C1NC2(CCN1c1ccccc1O)CC2. The van der Waals surface area contributed by atoms with Crippen molar-refractivity contribution < 1.29 is 9.90 Å². The van der Waals surface area contributed by atoms with Crippen LogP contribution >= 0.6 is 0 Å². The summed E-state index contributed by atoms with van der Waals surface area (Å²) in [6.07, 6.45) is 3.15. The van der Waals surface area contributed by atoms with Gasteiger partial charge in [0.15, 0.2) is 0 Å². The first kappa shape index (κ1) is 9.51. The van der Waals surface area contributed by atoms with Gasteiger partial charge in [-0.3, -0.25) is 4.90 Å². The Hall–Kier alpha value is -1.71. The van der Waals surface area contributed by atoms with Gasteiger partial charge in [0.05, 0.1) is 5.69 Å². The van der Waals surface area contributed by atoms with Crippen LogP contribution in [0.4, 0.5) is 10.5 Å². The first-order valence-electron chi connectivity index (χ1n) is 5.58. The molecule has 1 saturated carbocycles. The average Bonchev–Trinajstić information content (AvgIpc) is 3.00. The molecular weight excluding hydrogens is 204 g/mol. The number of aromatic hydroxyl groups is 1. The molecule has 2 amide bonds. The maximum atomic E-state index is 11.9. The van der Waals surface area contributed by atoms with E-state index in [4.69, 9.17) is 0 Å². The number of anilines is 1. The number of para-hydroxylation sites is 2. The van der Waals surface area contributed by atoms with Crippen LogP contribution in [-0.2, 0) is 0 Å². The number of urea groups is 1. The quantitative estimate of drug-likeness (QED) is 0.755. The van der Waals surface area contributed by atoms with E-state index in [-0.39, 0.29) is 17.3 Å². The number of nitrogens with one attached hydrogen (secondary N) is 1. The monoisotopic (exact) mass is 218 g/mol. The van der Waals surface area contributed by atoms with Crippen LogP contribution in [0.5, 0.6) is 5.75 Å². The van der Waals surface area contributed by atoms with Gasteiger partial charge in [0.25, 0.3) is 0 Å². The Bertz CT molecular complexity index is 440. The second kappa shape index (κ2) is 3.14. The molecule has 2 aliphatic rings. The number of hydrogen-bond acceptors (Lipinski definition) is 2. The lowest BCUT2D eigenvalue weighted by Gasteiger charge is -2.33. The minimum Gasteiger partial charge on any atom is -0.506 e. The minimum atomic E-state index is -0.0924. The highest BCUT2D eigenvalue weighted by atomic mass is 16.3. The van der Waals surface area contributed by atoms with Crippen LogP contribution in [0.1, 0.15) is 19.3 Å². The van der Waals surface area contributed by atoms with E-state index in [0.717, 1.165) is 19.3 Å². The average molecular weight is 218 g/mol. The largest absolute Gasteiger partial charge is 0.506 e. The molecule has 1 aliphatic carbocycles. The number of carbonyl (C=O) groups excluding carboxylic acids is 1. The van der Waals surface area contributed by atoms with Gasteiger partial charge in [0.1, 0.15) is 5.75 Å². The fourth-order valence-electron chi connectivity index (χ4n) is 2.23. The van der Waals surface area contributed by atoms with Gasteiger partial charge in [-0.2, -0.15) is 0 Å². The van der Waals surface area contributed by atoms with E-state index >= 15 is 0 Å². The summed E-state index contributed by atoms with van der Waals surface area (Å²) < 4.78 is 0. The van der Waals surface area contributed by atoms with Crippen molar-refractivity contribution in [3.8, 4) is 5.75 Å². The molecule has 0 unspecified atom stereocenters. The Balaban J connectivity index is 1.86. The van der Waals surface area contributed by atoms with Crippen molar-refractivity contribution in [2.45, 2.75) is 24.8 Å². The molecule has 1 aromatic rings. The van der Waals surface area contributed by atoms with Crippen LogP contribution in [0.15, 0.2) is 24.3 Å². The van der Waals surface area contributed by atoms with Crippen LogP contribution in [0, 0.1) is 0 Å². The third kappa shape index (κ3) is 1.41. The summed E-state index contributed by atoms with van der Waals surface area (Å²) in [4.78, 5) is 13.5. The highest BCUT2D eigenvalue weighted by Gasteiger charge is 2.47. The maximum Gasteiger partial charge on any atom is 0.322 e. The topological polar surface area (TPSA) is 52.6 Å². The molecule has 0 bridgehead atoms. The zero-order valence-corrected chi connectivity index (χ0v) is 8.94. The van der Waals surface area contributed by atoms with Crippen LogP contribution in [0.3, 0.4) is 0 Å². The number of rotatable bonds is 1. The Morgan fingerprint density at radius 3 is 2.62 bits per heavy atom. The number of phenols is 1. The molecule has 2 fully saturated rings. The van der Waals surface area contributed by atoms with E-state index in [1.165, 1.54) is 0 Å². The predicted molar refractivity (Wildman–Crippen MR) is 60.6 cm³/mol. The molecular formula is C12H14N2O2. The van der Waals surface area contributed by atoms with Crippen molar-refractivity contribution in [2.24, 2.45) is 0 Å². The summed E-state index contributed by atoms with van der Waals surface area (Å²) in [6, 6.07) is 6.85. The molecule has 4 heteroatoms. The molecule has 0 aromatic heterocycles. The first-order valence-corrected chi connectivity index (χ1v) is 5.58. The highest BCUT2D eigenvalue weighted by Crippen LogP contribution is 2.42. The Morgan fingerprint density at radius 2 is 2.00 bits per heavy atom. The fourth-order valence-corrected chi connectivity index (χ4v) is 2.23. The molecule has 1 saturated heterocycles. The molecule has 1 aromatic carbocycles. The molecule has 2 N–H and O–H groups in total. The van der Waals surface area contributed by atoms with E-state index in [2.05, 4.69) is 5.32 Å². The molecule has 3 rings (SSSR count). The number of benzene rings is 1. The lowest BCUT2D eigenvalue weighted by molar-refractivity contribution is 0.234. The van der Waals surface area contributed by atoms with Gasteiger partial charge in [-0.05, 0) is 31.4 Å². The Labute approximate surface area is 93.9 Å². The third-order valence-corrected chi connectivity index (χ3v) is 3.46. The number of phenolic OH excluding ortho intramolecular Hbond substituents is 1. The van der Waals surface area contributed by atoms with Crippen LogP contribution < -0.4 is 10.2 Å². The van der Waals surface area contributed by atoms with Crippen LogP contribution in [0.25, 0.3) is 0 Å². The van der Waals surface area contributed by atoms with Gasteiger partial charge in [0.2, 0.25) is 0 Å². The van der Waals surface area contributed by atoms with Crippen molar-refractivity contribution in [1.82, 2.24) is 5.32 Å². The highest BCUT2D eigenvalue weighted by molar-refractivity contribution is 5.95. The standard InChI is InChI=1S/C12H14N2O2/c15-10-4-2-1-3-9(10)14-8-7-12(5-6-12)13-11(14)16/h1-4,15H,5-8H2,(H,13,16). The Morgan fingerprint density at radius 1 is 1.25 bits per heavy atom. The number of amides is 2. The van der Waals surface area contributed by atoms with E-state index in [1.54, 1.807) is 23.1 Å². The maximum absolute atomic E-state index is 11.9. The minimum absolute atomic E-state index is 0.0813. The van der Waals surface area contributed by atoms with Crippen molar-refractivity contribution >= 4 is 11.7 Å². The summed E-state index contributed by atoms with van der Waals surface area (Å²) in [7, 11) is 0. The van der Waals surface area contributed by atoms with Crippen molar-refractivity contribution in [2.75, 3.05) is 11.4 Å². The summed E-state index contributed by atoms with van der Waals surface area (Å²) in [5, 5.41) is 12.7. The van der Waals surface area contributed by atoms with E-state index in [9.17, 15) is 9.90 Å². The summed E-state index contributed by atoms with van der Waals surface area (Å²) in [5.74, 6) is 0.157. The van der Waals surface area contributed by atoms with Gasteiger partial charge < -0.3 is 10.4 Å². The van der Waals surface area contributed by atoms with Crippen molar-refractivity contribution in [3.05, 3.63) is 24.3 Å². The Kier molecular flexibility index (Phi) is 1.87. The molecule has 4 nitrogen and oxygen atoms in total. The zero-order valence-electron chi connectivity index (χ0n) is 8.94. The lowest BCUT2D eigenvalue weighted by atomic mass is 10.1. The second-order valence-electron chi connectivity index (χ2n) is 4.60. The molecule has 1 aliphatic heterocycles. The van der Waals surface area contributed by atoms with Crippen LogP contribution in [0.2, 0.25) is 0 Å². The normalized spacial score (nSPS) is 22.0. The van der Waals surface area contributed by atoms with E-state index in [1.807, 2.05) is 6.07 Å². The first-order chi connectivity index (χ1) is 7.70. The van der Waals surface area contributed by atoms with Gasteiger partial charge in [0, 0.05) is 12.1 Å². The van der Waals surface area contributed by atoms with Crippen molar-refractivity contribution in [1.29, 1.82) is 0 Å². The number of carbonyl (C=O) groups is 1. The third-order valence-electron chi connectivity index (χ3n) is 3.46. The molecule has 0 radical (unpaired) electrons. The second-order valence-corrected chi connectivity index (χ2v) is 4.60. The van der Waals surface area contributed by atoms with E-state index < -0.39 is 0 Å². The zero-order chi connectivity index (χ0) is 11.2. The molecule has 1 spiro atoms. The van der Waals surface area contributed by atoms with Gasteiger partial charge in [-0.25, -0.2) is 4.79 Å². The molecule has 1 heterocycles. The summed E-state index contributed by atoms with van der Waals surface area (Å²) in [5.41, 5.74) is 0.674. The molecule has 84 valence electrons. The lowest BCUT2D eigenvalue weighted by Crippen LogP contribution is -2.53. The van der Waals surface area contributed by atoms with Crippen molar-refractivity contribution in [3.63, 3.8) is 0 Å². The fraction of sp³-hybridized carbons (Fsp3) is 0.417. The number of hydrogen-bond donors (Lipinski definition) is 2. The summed E-state index contributed by atoms with van der Waals surface area (Å²) in [6.45, 7) is 0.684. The predicted octanol–water partition coefficient (Wildman–Crippen LogP) is 1.84. The van der Waals surface area contributed by atoms with Gasteiger partial charge in [-0.1, -0.05) is 12.1 Å². The van der Waals surface area contributed by atoms with Gasteiger partial charge >= 0.3 is 6.03 Å². The van der Waals surface area contributed by atoms with Gasteiger partial charge in [-0.15, -0.1) is 0 Å². The number of nitrogens with zero attached hydrogens (tertiary/aromatic N) is 1. The van der Waals surface area contributed by atoms with E-state index in [0.29, 0.717) is 12.2 Å². The molecule has 0 atom stereocenters.